The molecule has 6 aromatic carbocycles. The monoisotopic (exact) mass is 770 g/mol. The van der Waals surface area contributed by atoms with Crippen LogP contribution in [0.2, 0.25) is 0 Å². The molecule has 7 rings (SSSR count). The minimum Gasteiger partial charge on any atom is -0.395 e. The standard InChI is InChI=1S/C43H42N6O8/c1-7-41(3,4)27-21-31(44)39(33(23-27)48(50)51)56-43(54-35-19-17-25-13-9-11-15-29(25)37(35)45)55-36-20-18-26-14-10-12-16-30(26)38(36)47-46-32-22-28(42(5,6)8-2)24-34(49(52)53)40(32)57-43/h9-24H,7-8,44-45H2,1-6H3. The summed E-state index contributed by atoms with van der Waals surface area (Å²) < 4.78 is 26.3. The normalized spacial score (nSPS) is 15.3. The Labute approximate surface area is 328 Å². The van der Waals surface area contributed by atoms with Crippen molar-refractivity contribution in [2.75, 3.05) is 11.5 Å². The highest BCUT2D eigenvalue weighted by Gasteiger charge is 2.50. The Morgan fingerprint density at radius 1 is 0.702 bits per heavy atom. The first kappa shape index (κ1) is 38.3. The Hall–Kier alpha value is -6.96. The number of azo groups is 1. The molecule has 14 nitrogen and oxygen atoms in total. The first-order valence-electron chi connectivity index (χ1n) is 18.4. The maximum Gasteiger partial charge on any atom is 0.611 e. The lowest BCUT2D eigenvalue weighted by Crippen LogP contribution is -2.54. The van der Waals surface area contributed by atoms with Crippen LogP contribution in [0.5, 0.6) is 23.0 Å². The molecule has 0 saturated heterocycles. The third-order valence-electron chi connectivity index (χ3n) is 10.8. The fourth-order valence-corrected chi connectivity index (χ4v) is 6.52. The number of nitro groups is 2. The predicted molar refractivity (Wildman–Crippen MR) is 219 cm³/mol. The first-order valence-corrected chi connectivity index (χ1v) is 18.4. The van der Waals surface area contributed by atoms with Gasteiger partial charge in [0.05, 0.1) is 21.2 Å². The fraction of sp³-hybridized carbons (Fsp3) is 0.256. The van der Waals surface area contributed by atoms with Gasteiger partial charge in [-0.3, -0.25) is 20.2 Å². The van der Waals surface area contributed by atoms with E-state index in [0.29, 0.717) is 34.7 Å². The number of benzene rings is 6. The molecular weight excluding hydrogens is 729 g/mol. The van der Waals surface area contributed by atoms with E-state index >= 15 is 0 Å². The molecular formula is C43H42N6O8. The summed E-state index contributed by atoms with van der Waals surface area (Å²) in [6, 6.07) is 27.2. The van der Waals surface area contributed by atoms with Crippen LogP contribution in [-0.4, -0.2) is 16.0 Å². The molecule has 0 aliphatic carbocycles. The Balaban J connectivity index is 1.58. The second kappa shape index (κ2) is 14.3. The van der Waals surface area contributed by atoms with Crippen LogP contribution in [0.25, 0.3) is 21.5 Å². The molecule has 0 aromatic heterocycles. The van der Waals surface area contributed by atoms with Crippen LogP contribution in [0, 0.1) is 20.2 Å². The number of nitrogens with zero attached hydrogens (tertiary/aromatic N) is 4. The third kappa shape index (κ3) is 7.05. The van der Waals surface area contributed by atoms with E-state index in [2.05, 4.69) is 10.2 Å². The van der Waals surface area contributed by atoms with Gasteiger partial charge in [0.15, 0.2) is 11.5 Å². The van der Waals surface area contributed by atoms with Crippen LogP contribution in [-0.2, 0) is 10.8 Å². The van der Waals surface area contributed by atoms with Gasteiger partial charge in [-0.1, -0.05) is 102 Å². The predicted octanol–water partition coefficient (Wildman–Crippen LogP) is 11.3. The van der Waals surface area contributed by atoms with Crippen LogP contribution in [0.4, 0.5) is 34.1 Å². The summed E-state index contributed by atoms with van der Waals surface area (Å²) in [6.07, 6.45) is -1.69. The third-order valence-corrected chi connectivity index (χ3v) is 10.8. The van der Waals surface area contributed by atoms with Gasteiger partial charge in [0.2, 0.25) is 11.5 Å². The number of nitro benzene ring substituents is 2. The first-order chi connectivity index (χ1) is 27.1. The average Bonchev–Trinajstić information content (AvgIpc) is 3.25. The highest BCUT2D eigenvalue weighted by Crippen LogP contribution is 2.50. The number of fused-ring (bicyclic) bond motifs is 5. The van der Waals surface area contributed by atoms with Gasteiger partial charge in [-0.15, -0.1) is 10.2 Å². The number of ether oxygens (including phenoxy) is 4. The molecule has 1 atom stereocenters. The van der Waals surface area contributed by atoms with Crippen LogP contribution in [0.1, 0.15) is 65.5 Å². The highest BCUT2D eigenvalue weighted by molar-refractivity contribution is 5.96. The van der Waals surface area contributed by atoms with E-state index in [9.17, 15) is 20.2 Å². The van der Waals surface area contributed by atoms with Gasteiger partial charge in [0, 0.05) is 22.9 Å². The van der Waals surface area contributed by atoms with Crippen molar-refractivity contribution in [3.8, 4) is 23.0 Å². The molecule has 0 saturated carbocycles. The number of hydrogen-bond acceptors (Lipinski definition) is 12. The van der Waals surface area contributed by atoms with E-state index in [1.165, 1.54) is 12.1 Å². The second-order valence-corrected chi connectivity index (χ2v) is 15.2. The maximum absolute atomic E-state index is 13.0. The van der Waals surface area contributed by atoms with Gasteiger partial charge < -0.3 is 30.4 Å². The SMILES string of the molecule is CCC(C)(C)c1cc(N)c(OC2(Oc3ccc4ccccc4c3N)Oc3ccc4ccccc4c3N=Nc3cc(C(C)(C)CC)cc([N+](=O)[O-])c3O2)c([N+](=O)[O-])c1. The van der Waals surface area contributed by atoms with Crippen molar-refractivity contribution in [1.29, 1.82) is 0 Å². The fourth-order valence-electron chi connectivity index (χ4n) is 6.52. The number of hydrogen-bond donors (Lipinski definition) is 2. The van der Waals surface area contributed by atoms with Crippen molar-refractivity contribution in [2.45, 2.75) is 71.4 Å². The number of rotatable bonds is 10. The van der Waals surface area contributed by atoms with E-state index in [0.717, 1.165) is 10.8 Å². The molecule has 292 valence electrons. The average molecular weight is 771 g/mol. The molecule has 14 heteroatoms. The summed E-state index contributed by atoms with van der Waals surface area (Å²) in [5, 5.41) is 37.8. The van der Waals surface area contributed by atoms with Crippen molar-refractivity contribution in [3.05, 3.63) is 128 Å². The number of nitrogen functional groups attached to an aromatic ring is 2. The molecule has 1 aliphatic rings. The van der Waals surface area contributed by atoms with Crippen molar-refractivity contribution >= 4 is 55.7 Å². The van der Waals surface area contributed by atoms with Crippen LogP contribution in [0.15, 0.2) is 107 Å². The molecule has 0 spiro atoms. The second-order valence-electron chi connectivity index (χ2n) is 15.2. The molecule has 1 heterocycles. The van der Waals surface area contributed by atoms with E-state index in [4.69, 9.17) is 30.4 Å². The zero-order chi connectivity index (χ0) is 40.9. The largest absolute Gasteiger partial charge is 0.611 e. The van der Waals surface area contributed by atoms with Gasteiger partial charge in [0.25, 0.3) is 0 Å². The Morgan fingerprint density at radius 2 is 1.28 bits per heavy atom. The van der Waals surface area contributed by atoms with Gasteiger partial charge >= 0.3 is 17.5 Å². The molecule has 0 amide bonds. The number of nitrogens with two attached hydrogens (primary N) is 2. The Bertz CT molecular complexity index is 2620. The Morgan fingerprint density at radius 3 is 1.93 bits per heavy atom. The summed E-state index contributed by atoms with van der Waals surface area (Å²) in [5.74, 6) is -0.993. The topological polar surface area (TPSA) is 200 Å². The van der Waals surface area contributed by atoms with E-state index < -0.39 is 49.7 Å². The summed E-state index contributed by atoms with van der Waals surface area (Å²) in [4.78, 5) is 24.6. The smallest absolute Gasteiger partial charge is 0.395 e. The molecule has 57 heavy (non-hydrogen) atoms. The van der Waals surface area contributed by atoms with Crippen molar-refractivity contribution in [3.63, 3.8) is 0 Å². The van der Waals surface area contributed by atoms with Crippen LogP contribution >= 0.6 is 0 Å². The minimum absolute atomic E-state index is 0.00802. The molecule has 4 N–H and O–H groups in total. The zero-order valence-electron chi connectivity index (χ0n) is 32.4. The summed E-state index contributed by atoms with van der Waals surface area (Å²) >= 11 is 0. The van der Waals surface area contributed by atoms with Crippen LogP contribution in [0.3, 0.4) is 0 Å². The lowest BCUT2D eigenvalue weighted by molar-refractivity contribution is -0.403. The minimum atomic E-state index is -2.95. The lowest BCUT2D eigenvalue weighted by Gasteiger charge is -2.33. The molecule has 0 fully saturated rings. The van der Waals surface area contributed by atoms with E-state index in [1.807, 2.05) is 65.8 Å². The van der Waals surface area contributed by atoms with Gasteiger partial charge in [-0.05, 0) is 69.8 Å². The Kier molecular flexibility index (Phi) is 9.60. The quantitative estimate of drug-likeness (QED) is 0.0584. The van der Waals surface area contributed by atoms with Gasteiger partial charge in [-0.25, -0.2) is 0 Å². The van der Waals surface area contributed by atoms with Crippen molar-refractivity contribution in [1.82, 2.24) is 0 Å². The van der Waals surface area contributed by atoms with Gasteiger partial charge in [-0.2, -0.15) is 0 Å². The van der Waals surface area contributed by atoms with Crippen molar-refractivity contribution in [2.24, 2.45) is 10.2 Å². The highest BCUT2D eigenvalue weighted by atomic mass is 17.0. The molecule has 1 unspecified atom stereocenters. The van der Waals surface area contributed by atoms with Crippen LogP contribution < -0.4 is 30.4 Å². The molecule has 0 bridgehead atoms. The molecule has 6 aromatic rings. The van der Waals surface area contributed by atoms with E-state index in [1.54, 1.807) is 60.7 Å². The molecule has 1 aliphatic heterocycles. The lowest BCUT2D eigenvalue weighted by atomic mass is 9.82. The summed E-state index contributed by atoms with van der Waals surface area (Å²) in [5.41, 5.74) is 12.6. The summed E-state index contributed by atoms with van der Waals surface area (Å²) in [7, 11) is 0. The van der Waals surface area contributed by atoms with Crippen molar-refractivity contribution < 1.29 is 28.8 Å². The summed E-state index contributed by atoms with van der Waals surface area (Å²) in [6.45, 7) is 11.7. The maximum atomic E-state index is 13.0. The zero-order valence-corrected chi connectivity index (χ0v) is 32.4. The number of anilines is 2. The molecule has 0 radical (unpaired) electrons. The van der Waals surface area contributed by atoms with Gasteiger partial charge in [0.1, 0.15) is 11.4 Å². The van der Waals surface area contributed by atoms with E-state index in [-0.39, 0.29) is 34.2 Å².